The van der Waals surface area contributed by atoms with Gasteiger partial charge in [-0.15, -0.1) is 0 Å². The summed E-state index contributed by atoms with van der Waals surface area (Å²) in [5, 5.41) is 0.208. The van der Waals surface area contributed by atoms with Crippen LogP contribution in [0.5, 0.6) is 0 Å². The molecule has 0 saturated heterocycles. The monoisotopic (exact) mass is 287 g/mol. The molecule has 1 heterocycles. The van der Waals surface area contributed by atoms with Gasteiger partial charge >= 0.3 is 0 Å². The third kappa shape index (κ3) is 4.47. The lowest BCUT2D eigenvalue weighted by atomic mass is 10.2. The van der Waals surface area contributed by atoms with Crippen molar-refractivity contribution in [1.82, 2.24) is 15.0 Å². The van der Waals surface area contributed by atoms with Crippen LogP contribution in [0.25, 0.3) is 0 Å². The average molecular weight is 288 g/mol. The molecule has 0 saturated carbocycles. The van der Waals surface area contributed by atoms with Crippen molar-refractivity contribution in [2.24, 2.45) is 0 Å². The Morgan fingerprint density at radius 2 is 1.84 bits per heavy atom. The van der Waals surface area contributed by atoms with E-state index in [1.807, 2.05) is 19.0 Å². The Bertz CT molecular complexity index is 402. The summed E-state index contributed by atoms with van der Waals surface area (Å²) in [6.45, 7) is 5.59. The smallest absolute Gasteiger partial charge is 0.231 e. The minimum absolute atomic E-state index is 0.208. The van der Waals surface area contributed by atoms with Gasteiger partial charge in [-0.1, -0.05) is 6.92 Å². The average Bonchev–Trinajstić information content (AvgIpc) is 2.38. The molecule has 7 heteroatoms. The number of aromatic nitrogens is 3. The van der Waals surface area contributed by atoms with Crippen LogP contribution < -0.4 is 9.80 Å². The van der Waals surface area contributed by atoms with E-state index in [4.69, 9.17) is 16.3 Å². The van der Waals surface area contributed by atoms with Crippen LogP contribution in [0.3, 0.4) is 0 Å². The Balaban J connectivity index is 3.06. The fourth-order valence-electron chi connectivity index (χ4n) is 1.59. The lowest BCUT2D eigenvalue weighted by Gasteiger charge is -2.28. The molecule has 0 fully saturated rings. The van der Waals surface area contributed by atoms with Gasteiger partial charge in [-0.3, -0.25) is 0 Å². The first-order valence-corrected chi connectivity index (χ1v) is 6.71. The molecule has 0 aliphatic heterocycles. The fraction of sp³-hybridized carbons (Fsp3) is 0.750. The third-order valence-electron chi connectivity index (χ3n) is 2.90. The maximum atomic E-state index is 5.97. The van der Waals surface area contributed by atoms with Gasteiger partial charge in [0.15, 0.2) is 0 Å². The standard InChI is InChI=1S/C12H22ClN5O/c1-6-9(2)18(7-8-19-5)12-15-10(13)14-11(16-12)17(3)4/h9H,6-8H2,1-5H3. The van der Waals surface area contributed by atoms with Crippen LogP contribution in [-0.2, 0) is 4.74 Å². The van der Waals surface area contributed by atoms with Crippen molar-refractivity contribution in [3.05, 3.63) is 5.28 Å². The first kappa shape index (κ1) is 15.9. The molecule has 1 unspecified atom stereocenters. The van der Waals surface area contributed by atoms with Gasteiger partial charge in [0.2, 0.25) is 17.2 Å². The second kappa shape index (κ2) is 7.45. The quantitative estimate of drug-likeness (QED) is 0.763. The van der Waals surface area contributed by atoms with E-state index in [0.29, 0.717) is 24.5 Å². The number of ether oxygens (including phenoxy) is 1. The van der Waals surface area contributed by atoms with Crippen molar-refractivity contribution in [3.8, 4) is 0 Å². The summed E-state index contributed by atoms with van der Waals surface area (Å²) >= 11 is 5.97. The lowest BCUT2D eigenvalue weighted by molar-refractivity contribution is 0.203. The van der Waals surface area contributed by atoms with E-state index >= 15 is 0 Å². The summed E-state index contributed by atoms with van der Waals surface area (Å²) in [5.41, 5.74) is 0. The highest BCUT2D eigenvalue weighted by atomic mass is 35.5. The molecular weight excluding hydrogens is 266 g/mol. The Kier molecular flexibility index (Phi) is 6.24. The van der Waals surface area contributed by atoms with Crippen LogP contribution in [0.4, 0.5) is 11.9 Å². The zero-order chi connectivity index (χ0) is 14.4. The van der Waals surface area contributed by atoms with Crippen molar-refractivity contribution in [3.63, 3.8) is 0 Å². The number of halogens is 1. The van der Waals surface area contributed by atoms with Crippen LogP contribution in [-0.4, -0.2) is 55.4 Å². The molecule has 1 rings (SSSR count). The number of methoxy groups -OCH3 is 1. The second-order valence-corrected chi connectivity index (χ2v) is 4.88. The first-order chi connectivity index (χ1) is 8.99. The molecule has 1 aromatic rings. The van der Waals surface area contributed by atoms with E-state index in [1.54, 1.807) is 7.11 Å². The molecule has 1 atom stereocenters. The largest absolute Gasteiger partial charge is 0.383 e. The Morgan fingerprint density at radius 1 is 1.21 bits per heavy atom. The molecule has 0 aliphatic rings. The van der Waals surface area contributed by atoms with Crippen molar-refractivity contribution >= 4 is 23.5 Å². The van der Waals surface area contributed by atoms with E-state index in [1.165, 1.54) is 0 Å². The maximum absolute atomic E-state index is 5.97. The molecule has 108 valence electrons. The predicted molar refractivity (Wildman–Crippen MR) is 78.1 cm³/mol. The Labute approximate surface area is 119 Å². The lowest BCUT2D eigenvalue weighted by Crippen LogP contribution is -2.37. The molecule has 0 amide bonds. The number of hydrogen-bond acceptors (Lipinski definition) is 6. The van der Waals surface area contributed by atoms with Crippen molar-refractivity contribution in [1.29, 1.82) is 0 Å². The molecule has 1 aromatic heterocycles. The Hall–Kier alpha value is -1.14. The van der Waals surface area contributed by atoms with Crippen LogP contribution in [0.15, 0.2) is 0 Å². The van der Waals surface area contributed by atoms with E-state index in [2.05, 4.69) is 33.7 Å². The summed E-state index contributed by atoms with van der Waals surface area (Å²) in [6, 6.07) is 0.309. The summed E-state index contributed by atoms with van der Waals surface area (Å²) in [4.78, 5) is 16.7. The molecule has 0 N–H and O–H groups in total. The zero-order valence-corrected chi connectivity index (χ0v) is 13.0. The van der Waals surface area contributed by atoms with Gasteiger partial charge in [0, 0.05) is 33.8 Å². The summed E-state index contributed by atoms with van der Waals surface area (Å²) < 4.78 is 5.14. The van der Waals surface area contributed by atoms with Gasteiger partial charge in [0.05, 0.1) is 6.61 Å². The predicted octanol–water partition coefficient (Wildman–Crippen LogP) is 1.84. The van der Waals surface area contributed by atoms with E-state index < -0.39 is 0 Å². The minimum Gasteiger partial charge on any atom is -0.383 e. The van der Waals surface area contributed by atoms with Gasteiger partial charge in [-0.25, -0.2) is 0 Å². The number of rotatable bonds is 7. The SMILES string of the molecule is CCC(C)N(CCOC)c1nc(Cl)nc(N(C)C)n1. The number of hydrogen-bond donors (Lipinski definition) is 0. The van der Waals surface area contributed by atoms with Gasteiger partial charge in [-0.05, 0) is 24.9 Å². The summed E-state index contributed by atoms with van der Waals surface area (Å²) in [6.07, 6.45) is 0.990. The minimum atomic E-state index is 0.208. The van der Waals surface area contributed by atoms with Crippen molar-refractivity contribution in [2.45, 2.75) is 26.3 Å². The van der Waals surface area contributed by atoms with E-state index in [-0.39, 0.29) is 5.28 Å². The normalized spacial score (nSPS) is 12.3. The molecule has 6 nitrogen and oxygen atoms in total. The zero-order valence-electron chi connectivity index (χ0n) is 12.2. The van der Waals surface area contributed by atoms with Crippen LogP contribution in [0.2, 0.25) is 5.28 Å². The van der Waals surface area contributed by atoms with Gasteiger partial charge in [0.25, 0.3) is 0 Å². The molecule has 0 radical (unpaired) electrons. The van der Waals surface area contributed by atoms with E-state index in [9.17, 15) is 0 Å². The summed E-state index contributed by atoms with van der Waals surface area (Å²) in [7, 11) is 5.43. The first-order valence-electron chi connectivity index (χ1n) is 6.34. The van der Waals surface area contributed by atoms with Crippen LogP contribution >= 0.6 is 11.6 Å². The van der Waals surface area contributed by atoms with Crippen LogP contribution in [0.1, 0.15) is 20.3 Å². The van der Waals surface area contributed by atoms with Gasteiger partial charge < -0.3 is 14.5 Å². The molecule has 0 aliphatic carbocycles. The fourth-order valence-corrected chi connectivity index (χ4v) is 1.74. The highest BCUT2D eigenvalue weighted by molar-refractivity contribution is 6.28. The third-order valence-corrected chi connectivity index (χ3v) is 3.07. The highest BCUT2D eigenvalue weighted by Crippen LogP contribution is 2.18. The van der Waals surface area contributed by atoms with Crippen molar-refractivity contribution < 1.29 is 4.74 Å². The van der Waals surface area contributed by atoms with Crippen LogP contribution in [0, 0.1) is 0 Å². The van der Waals surface area contributed by atoms with E-state index in [0.717, 1.165) is 13.0 Å². The number of nitrogens with zero attached hydrogens (tertiary/aromatic N) is 5. The molecular formula is C12H22ClN5O. The molecule has 0 spiro atoms. The van der Waals surface area contributed by atoms with Gasteiger partial charge in [-0.2, -0.15) is 15.0 Å². The molecule has 19 heavy (non-hydrogen) atoms. The number of anilines is 2. The summed E-state index contributed by atoms with van der Waals surface area (Å²) in [5.74, 6) is 1.15. The van der Waals surface area contributed by atoms with Gasteiger partial charge in [0.1, 0.15) is 0 Å². The molecule has 0 bridgehead atoms. The Morgan fingerprint density at radius 3 is 2.37 bits per heavy atom. The second-order valence-electron chi connectivity index (χ2n) is 4.54. The highest BCUT2D eigenvalue weighted by Gasteiger charge is 2.18. The molecule has 0 aromatic carbocycles. The topological polar surface area (TPSA) is 54.4 Å². The maximum Gasteiger partial charge on any atom is 0.231 e. The van der Waals surface area contributed by atoms with Crippen molar-refractivity contribution in [2.75, 3.05) is 44.2 Å².